The first-order valence-electron chi connectivity index (χ1n) is 7.94. The number of hydrogen-bond donors (Lipinski definition) is 0. The van der Waals surface area contributed by atoms with E-state index in [2.05, 4.69) is 26.0 Å². The number of pyridine rings is 1. The Labute approximate surface area is 164 Å². The molecule has 1 amide bonds. The third kappa shape index (κ3) is 3.68. The number of amides is 1. The molecular formula is C18H18BrN3O5. The molecular weight excluding hydrogens is 418 g/mol. The molecule has 0 radical (unpaired) electrons. The Hall–Kier alpha value is -2.81. The van der Waals surface area contributed by atoms with E-state index in [9.17, 15) is 4.79 Å². The van der Waals surface area contributed by atoms with Crippen LogP contribution < -0.4 is 14.2 Å². The van der Waals surface area contributed by atoms with Crippen LogP contribution in [0.15, 0.2) is 40.2 Å². The largest absolute Gasteiger partial charge is 0.493 e. The van der Waals surface area contributed by atoms with E-state index in [1.807, 2.05) is 6.07 Å². The van der Waals surface area contributed by atoms with E-state index in [0.29, 0.717) is 28.4 Å². The monoisotopic (exact) mass is 435 g/mol. The fourth-order valence-corrected chi connectivity index (χ4v) is 3.05. The predicted octanol–water partition coefficient (Wildman–Crippen LogP) is 3.11. The van der Waals surface area contributed by atoms with Crippen LogP contribution in [0.2, 0.25) is 0 Å². The van der Waals surface area contributed by atoms with Gasteiger partial charge in [0.05, 0.1) is 21.3 Å². The zero-order valence-electron chi connectivity index (χ0n) is 15.2. The molecule has 3 rings (SSSR count). The number of benzene rings is 1. The summed E-state index contributed by atoms with van der Waals surface area (Å²) in [5.41, 5.74) is 1.27. The van der Waals surface area contributed by atoms with Crippen molar-refractivity contribution >= 4 is 27.7 Å². The fraction of sp³-hybridized carbons (Fsp3) is 0.278. The second-order valence-electron chi connectivity index (χ2n) is 5.59. The molecule has 0 unspecified atom stereocenters. The van der Waals surface area contributed by atoms with Crippen molar-refractivity contribution in [3.05, 3.63) is 46.2 Å². The highest BCUT2D eigenvalue weighted by Crippen LogP contribution is 2.40. The van der Waals surface area contributed by atoms with E-state index >= 15 is 0 Å². The Balaban J connectivity index is 2.02. The zero-order chi connectivity index (χ0) is 19.6. The summed E-state index contributed by atoms with van der Waals surface area (Å²) >= 11 is 3.37. The summed E-state index contributed by atoms with van der Waals surface area (Å²) in [5.74, 6) is 1.37. The highest BCUT2D eigenvalue weighted by molar-refractivity contribution is 9.10. The molecule has 1 aromatic heterocycles. The van der Waals surface area contributed by atoms with Crippen molar-refractivity contribution < 1.29 is 23.7 Å². The number of rotatable bonds is 5. The first-order chi connectivity index (χ1) is 13.0. The summed E-state index contributed by atoms with van der Waals surface area (Å²) in [7, 11) is 4.57. The second-order valence-corrected chi connectivity index (χ2v) is 6.51. The molecule has 0 saturated carbocycles. The number of halogens is 1. The number of methoxy groups -OCH3 is 3. The number of ether oxygens (including phenoxy) is 4. The van der Waals surface area contributed by atoms with Crippen molar-refractivity contribution in [1.82, 2.24) is 9.99 Å². The molecule has 8 nitrogen and oxygen atoms in total. The minimum absolute atomic E-state index is 0.259. The second kappa shape index (κ2) is 7.83. The Morgan fingerprint density at radius 2 is 1.78 bits per heavy atom. The van der Waals surface area contributed by atoms with Crippen molar-refractivity contribution in [2.45, 2.75) is 13.2 Å². The molecule has 0 spiro atoms. The Morgan fingerprint density at radius 1 is 1.11 bits per heavy atom. The van der Waals surface area contributed by atoms with Crippen molar-refractivity contribution in [1.29, 1.82) is 0 Å². The number of hydrogen-bond acceptors (Lipinski definition) is 7. The van der Waals surface area contributed by atoms with Gasteiger partial charge in [0.15, 0.2) is 11.5 Å². The average molecular weight is 436 g/mol. The van der Waals surface area contributed by atoms with Crippen molar-refractivity contribution in [2.24, 2.45) is 5.10 Å². The van der Waals surface area contributed by atoms with Crippen LogP contribution in [0.3, 0.4) is 0 Å². The van der Waals surface area contributed by atoms with E-state index in [0.717, 1.165) is 4.47 Å². The lowest BCUT2D eigenvalue weighted by molar-refractivity contribution is -0.135. The van der Waals surface area contributed by atoms with Gasteiger partial charge in [-0.2, -0.15) is 5.01 Å². The molecule has 2 heterocycles. The summed E-state index contributed by atoms with van der Waals surface area (Å²) in [5, 5.41) is 5.60. The summed E-state index contributed by atoms with van der Waals surface area (Å²) in [6.07, 6.45) is 2.55. The standard InChI is InChI=1S/C18H18BrN3O5/c1-10(23)22-18(12-5-13(19)9-20-8-12)27-17(21-22)11-6-14(24-2)16(26-4)15(7-11)25-3/h5-9,18H,1-4H3/t18-/m0/s1. The van der Waals surface area contributed by atoms with Gasteiger partial charge < -0.3 is 18.9 Å². The van der Waals surface area contributed by atoms with Crippen LogP contribution in [0.5, 0.6) is 17.2 Å². The van der Waals surface area contributed by atoms with Crippen LogP contribution in [0.4, 0.5) is 0 Å². The van der Waals surface area contributed by atoms with Gasteiger partial charge in [-0.3, -0.25) is 9.78 Å². The summed E-state index contributed by atoms with van der Waals surface area (Å²) < 4.78 is 22.8. The lowest BCUT2D eigenvalue weighted by Gasteiger charge is -2.19. The summed E-state index contributed by atoms with van der Waals surface area (Å²) in [6.45, 7) is 1.42. The Bertz CT molecular complexity index is 877. The summed E-state index contributed by atoms with van der Waals surface area (Å²) in [4.78, 5) is 16.2. The van der Waals surface area contributed by atoms with Crippen LogP contribution in [-0.4, -0.2) is 43.1 Å². The maximum absolute atomic E-state index is 12.1. The third-order valence-electron chi connectivity index (χ3n) is 3.89. The highest BCUT2D eigenvalue weighted by atomic mass is 79.9. The fourth-order valence-electron chi connectivity index (χ4n) is 2.67. The average Bonchev–Trinajstić information content (AvgIpc) is 3.12. The quantitative estimate of drug-likeness (QED) is 0.717. The minimum atomic E-state index is -0.721. The van der Waals surface area contributed by atoms with Crippen LogP contribution in [0, 0.1) is 0 Å². The van der Waals surface area contributed by atoms with Gasteiger partial charge in [0, 0.05) is 34.9 Å². The highest BCUT2D eigenvalue weighted by Gasteiger charge is 2.34. The van der Waals surface area contributed by atoms with Crippen LogP contribution in [-0.2, 0) is 9.53 Å². The molecule has 27 heavy (non-hydrogen) atoms. The molecule has 9 heteroatoms. The molecule has 0 fully saturated rings. The normalized spacial score (nSPS) is 15.8. The molecule has 1 aliphatic heterocycles. The Morgan fingerprint density at radius 3 is 2.30 bits per heavy atom. The van der Waals surface area contributed by atoms with Gasteiger partial charge in [-0.25, -0.2) is 0 Å². The Kier molecular flexibility index (Phi) is 5.50. The molecule has 1 aliphatic rings. The van der Waals surface area contributed by atoms with Crippen molar-refractivity contribution in [2.75, 3.05) is 21.3 Å². The van der Waals surface area contributed by atoms with E-state index in [-0.39, 0.29) is 11.8 Å². The zero-order valence-corrected chi connectivity index (χ0v) is 16.8. The topological polar surface area (TPSA) is 82.5 Å². The lowest BCUT2D eigenvalue weighted by Crippen LogP contribution is -2.25. The van der Waals surface area contributed by atoms with Gasteiger partial charge in [-0.15, -0.1) is 5.10 Å². The van der Waals surface area contributed by atoms with Crippen LogP contribution >= 0.6 is 15.9 Å². The van der Waals surface area contributed by atoms with Crippen LogP contribution in [0.1, 0.15) is 24.3 Å². The smallest absolute Gasteiger partial charge is 0.243 e. The first kappa shape index (κ1) is 19.0. The minimum Gasteiger partial charge on any atom is -0.493 e. The van der Waals surface area contributed by atoms with Gasteiger partial charge in [0.1, 0.15) is 0 Å². The maximum Gasteiger partial charge on any atom is 0.243 e. The number of nitrogens with zero attached hydrogens (tertiary/aromatic N) is 3. The number of carbonyl (C=O) groups excluding carboxylic acids is 1. The van der Waals surface area contributed by atoms with E-state index in [1.54, 1.807) is 24.5 Å². The van der Waals surface area contributed by atoms with E-state index < -0.39 is 6.23 Å². The molecule has 0 saturated heterocycles. The van der Waals surface area contributed by atoms with Crippen molar-refractivity contribution in [3.63, 3.8) is 0 Å². The molecule has 0 bridgehead atoms. The molecule has 1 aromatic carbocycles. The third-order valence-corrected chi connectivity index (χ3v) is 4.32. The summed E-state index contributed by atoms with van der Waals surface area (Å²) in [6, 6.07) is 5.24. The predicted molar refractivity (Wildman–Crippen MR) is 101 cm³/mol. The first-order valence-corrected chi connectivity index (χ1v) is 8.73. The number of hydrazone groups is 1. The van der Waals surface area contributed by atoms with Gasteiger partial charge in [0.2, 0.25) is 23.8 Å². The molecule has 0 aliphatic carbocycles. The molecule has 1 atom stereocenters. The van der Waals surface area contributed by atoms with Gasteiger partial charge in [-0.05, 0) is 34.1 Å². The van der Waals surface area contributed by atoms with Crippen molar-refractivity contribution in [3.8, 4) is 17.2 Å². The molecule has 0 N–H and O–H groups in total. The van der Waals surface area contributed by atoms with Gasteiger partial charge >= 0.3 is 0 Å². The van der Waals surface area contributed by atoms with Gasteiger partial charge in [0.25, 0.3) is 0 Å². The lowest BCUT2D eigenvalue weighted by atomic mass is 10.1. The maximum atomic E-state index is 12.1. The number of carbonyl (C=O) groups is 1. The SMILES string of the molecule is COc1cc(C2=NN(C(C)=O)[C@H](c3cncc(Br)c3)O2)cc(OC)c1OC. The molecule has 142 valence electrons. The van der Waals surface area contributed by atoms with E-state index in [1.165, 1.54) is 33.3 Å². The number of aromatic nitrogens is 1. The van der Waals surface area contributed by atoms with Crippen LogP contribution in [0.25, 0.3) is 0 Å². The van der Waals surface area contributed by atoms with E-state index in [4.69, 9.17) is 18.9 Å². The van der Waals surface area contributed by atoms with Gasteiger partial charge in [-0.1, -0.05) is 0 Å². The molecule has 2 aromatic rings.